The lowest BCUT2D eigenvalue weighted by molar-refractivity contribution is 0.260. The number of hydrogen-bond donors (Lipinski definition) is 0. The Morgan fingerprint density at radius 3 is 1.75 bits per heavy atom. The van der Waals surface area contributed by atoms with Crippen LogP contribution >= 0.6 is 0 Å². The van der Waals surface area contributed by atoms with Crippen LogP contribution in [0.4, 0.5) is 0 Å². The zero-order valence-corrected chi connectivity index (χ0v) is 13.7. The second-order valence-electron chi connectivity index (χ2n) is 6.06. The average Bonchev–Trinajstić information content (AvgIpc) is 3.52. The van der Waals surface area contributed by atoms with E-state index in [0.29, 0.717) is 13.2 Å². The molecule has 0 amide bonds. The lowest BCUT2D eigenvalue weighted by Gasteiger charge is -2.13. The Hall–Kier alpha value is -1.89. The summed E-state index contributed by atoms with van der Waals surface area (Å²) in [5.74, 6) is 1.46. The van der Waals surface area contributed by atoms with Crippen molar-refractivity contribution in [1.29, 1.82) is 0 Å². The monoisotopic (exact) mass is 344 g/mol. The first kappa shape index (κ1) is 14.5. The molecule has 2 unspecified atom stereocenters. The minimum absolute atomic E-state index is 0.172. The van der Waals surface area contributed by atoms with Crippen molar-refractivity contribution in [3.8, 4) is 22.6 Å². The van der Waals surface area contributed by atoms with Gasteiger partial charge in [-0.05, 0) is 24.3 Å². The van der Waals surface area contributed by atoms with E-state index < -0.39 is 10.8 Å². The minimum Gasteiger partial charge on any atom is -0.490 e. The predicted molar refractivity (Wildman–Crippen MR) is 87.0 cm³/mol. The molecule has 0 aliphatic carbocycles. The number of epoxide rings is 2. The fourth-order valence-electron chi connectivity index (χ4n) is 2.88. The van der Waals surface area contributed by atoms with E-state index in [4.69, 9.17) is 18.9 Å². The van der Waals surface area contributed by atoms with Crippen molar-refractivity contribution in [1.82, 2.24) is 0 Å². The molecule has 24 heavy (non-hydrogen) atoms. The molecule has 124 valence electrons. The summed E-state index contributed by atoms with van der Waals surface area (Å²) in [5.41, 5.74) is 1.75. The van der Waals surface area contributed by atoms with Gasteiger partial charge in [-0.1, -0.05) is 12.1 Å². The van der Waals surface area contributed by atoms with Crippen LogP contribution in [0.3, 0.4) is 0 Å². The van der Waals surface area contributed by atoms with Crippen molar-refractivity contribution in [3.63, 3.8) is 0 Å². The van der Waals surface area contributed by atoms with E-state index in [1.807, 2.05) is 36.4 Å². The maximum Gasteiger partial charge on any atom is 0.128 e. The minimum atomic E-state index is -1.21. The molecule has 0 spiro atoms. The molecule has 5 rings (SSSR count). The molecule has 3 aliphatic rings. The molecule has 0 bridgehead atoms. The van der Waals surface area contributed by atoms with Gasteiger partial charge in [0.1, 0.15) is 36.9 Å². The Morgan fingerprint density at radius 2 is 1.33 bits per heavy atom. The SMILES string of the molecule is O=S1c2cccc(OCC3CO3)c2-c2c(OCC3CO3)cccc21. The summed E-state index contributed by atoms with van der Waals surface area (Å²) in [5, 5.41) is 0. The normalized spacial score (nSPS) is 25.8. The summed E-state index contributed by atoms with van der Waals surface area (Å²) in [7, 11) is -1.21. The van der Waals surface area contributed by atoms with Gasteiger partial charge in [0, 0.05) is 11.1 Å². The second kappa shape index (κ2) is 5.58. The van der Waals surface area contributed by atoms with Gasteiger partial charge >= 0.3 is 0 Å². The van der Waals surface area contributed by atoms with Gasteiger partial charge in [-0.3, -0.25) is 0 Å². The molecule has 2 aromatic carbocycles. The molecule has 0 radical (unpaired) electrons. The summed E-state index contributed by atoms with van der Waals surface area (Å²) >= 11 is 0. The zero-order chi connectivity index (χ0) is 16.1. The van der Waals surface area contributed by atoms with Crippen molar-refractivity contribution in [3.05, 3.63) is 36.4 Å². The maximum absolute atomic E-state index is 12.8. The smallest absolute Gasteiger partial charge is 0.128 e. The average molecular weight is 344 g/mol. The highest BCUT2D eigenvalue weighted by Gasteiger charge is 2.33. The summed E-state index contributed by atoms with van der Waals surface area (Å²) in [6.45, 7) is 2.51. The van der Waals surface area contributed by atoms with Crippen LogP contribution in [0.25, 0.3) is 11.1 Å². The highest BCUT2D eigenvalue weighted by Crippen LogP contribution is 2.50. The number of hydrogen-bond acceptors (Lipinski definition) is 5. The molecular weight excluding hydrogens is 328 g/mol. The molecule has 2 aromatic rings. The topological polar surface area (TPSA) is 60.6 Å². The van der Waals surface area contributed by atoms with E-state index in [-0.39, 0.29) is 12.2 Å². The largest absolute Gasteiger partial charge is 0.490 e. The molecule has 0 aromatic heterocycles. The van der Waals surface area contributed by atoms with Crippen LogP contribution in [0.2, 0.25) is 0 Å². The third-order valence-corrected chi connectivity index (χ3v) is 5.76. The van der Waals surface area contributed by atoms with Gasteiger partial charge in [-0.15, -0.1) is 0 Å². The van der Waals surface area contributed by atoms with Crippen molar-refractivity contribution in [2.24, 2.45) is 0 Å². The van der Waals surface area contributed by atoms with Crippen LogP contribution in [0, 0.1) is 0 Å². The molecule has 3 heterocycles. The second-order valence-corrected chi connectivity index (χ2v) is 7.48. The Morgan fingerprint density at radius 1 is 0.875 bits per heavy atom. The van der Waals surface area contributed by atoms with E-state index in [1.165, 1.54) is 0 Å². The van der Waals surface area contributed by atoms with E-state index in [1.54, 1.807) is 0 Å². The van der Waals surface area contributed by atoms with Crippen molar-refractivity contribution >= 4 is 10.8 Å². The molecule has 5 nitrogen and oxygen atoms in total. The van der Waals surface area contributed by atoms with E-state index in [0.717, 1.165) is 45.6 Å². The fraction of sp³-hybridized carbons (Fsp3) is 0.333. The fourth-order valence-corrected chi connectivity index (χ4v) is 4.29. The first-order valence-corrected chi connectivity index (χ1v) is 9.13. The van der Waals surface area contributed by atoms with Gasteiger partial charge in [-0.2, -0.15) is 0 Å². The number of benzene rings is 2. The molecule has 0 saturated carbocycles. The van der Waals surface area contributed by atoms with E-state index in [2.05, 4.69) is 0 Å². The Bertz CT molecular complexity index is 759. The van der Waals surface area contributed by atoms with Gasteiger partial charge in [0.2, 0.25) is 0 Å². The van der Waals surface area contributed by atoms with Gasteiger partial charge < -0.3 is 18.9 Å². The van der Waals surface area contributed by atoms with Crippen LogP contribution in [-0.4, -0.2) is 42.8 Å². The molecule has 3 aliphatic heterocycles. The predicted octanol–water partition coefficient (Wildman–Crippen LogP) is 2.39. The molecule has 6 heteroatoms. The third-order valence-electron chi connectivity index (χ3n) is 4.28. The quantitative estimate of drug-likeness (QED) is 0.643. The Balaban J connectivity index is 1.56. The van der Waals surface area contributed by atoms with Crippen LogP contribution in [0.1, 0.15) is 0 Å². The van der Waals surface area contributed by atoms with Crippen LogP contribution < -0.4 is 9.47 Å². The molecule has 2 atom stereocenters. The zero-order valence-electron chi connectivity index (χ0n) is 12.9. The Labute approximate surface area is 141 Å². The highest BCUT2D eigenvalue weighted by molar-refractivity contribution is 7.85. The molecule has 0 N–H and O–H groups in total. The van der Waals surface area contributed by atoms with Gasteiger partial charge in [0.15, 0.2) is 0 Å². The van der Waals surface area contributed by atoms with Crippen LogP contribution in [-0.2, 0) is 20.3 Å². The molecule has 2 saturated heterocycles. The molecule has 2 fully saturated rings. The highest BCUT2D eigenvalue weighted by atomic mass is 32.2. The van der Waals surface area contributed by atoms with Gasteiger partial charge in [0.25, 0.3) is 0 Å². The van der Waals surface area contributed by atoms with Crippen LogP contribution in [0.15, 0.2) is 46.2 Å². The molecular formula is C18H16O5S. The van der Waals surface area contributed by atoms with Crippen molar-refractivity contribution in [2.45, 2.75) is 22.0 Å². The number of ether oxygens (including phenoxy) is 4. The summed E-state index contributed by atoms with van der Waals surface area (Å²) in [4.78, 5) is 1.55. The van der Waals surface area contributed by atoms with Crippen LogP contribution in [0.5, 0.6) is 11.5 Å². The van der Waals surface area contributed by atoms with E-state index in [9.17, 15) is 4.21 Å². The van der Waals surface area contributed by atoms with Crippen molar-refractivity contribution in [2.75, 3.05) is 26.4 Å². The lowest BCUT2D eigenvalue weighted by Crippen LogP contribution is -2.06. The maximum atomic E-state index is 12.8. The Kier molecular flexibility index (Phi) is 3.36. The standard InChI is InChI=1S/C18H16O5S/c19-24-15-5-1-3-13(22-9-11-7-20-11)17(15)18-14(4-2-6-16(18)24)23-10-12-8-21-12/h1-6,11-12H,7-10H2. The number of rotatable bonds is 6. The first-order valence-electron chi connectivity index (χ1n) is 7.98. The first-order chi connectivity index (χ1) is 11.8. The summed E-state index contributed by atoms with van der Waals surface area (Å²) < 4.78 is 35.1. The summed E-state index contributed by atoms with van der Waals surface area (Å²) in [6.07, 6.45) is 0.344. The van der Waals surface area contributed by atoms with E-state index >= 15 is 0 Å². The summed E-state index contributed by atoms with van der Waals surface area (Å²) in [6, 6.07) is 11.4. The third kappa shape index (κ3) is 2.51. The van der Waals surface area contributed by atoms with Gasteiger partial charge in [0.05, 0.1) is 33.8 Å². The number of fused-ring (bicyclic) bond motifs is 3. The van der Waals surface area contributed by atoms with Gasteiger partial charge in [-0.25, -0.2) is 4.21 Å². The van der Waals surface area contributed by atoms with Crippen molar-refractivity contribution < 1.29 is 23.2 Å². The lowest BCUT2D eigenvalue weighted by atomic mass is 10.0.